The van der Waals surface area contributed by atoms with Gasteiger partial charge in [-0.3, -0.25) is 5.10 Å². The quantitative estimate of drug-likeness (QED) is 0.377. The highest BCUT2D eigenvalue weighted by Gasteiger charge is 2.21. The highest BCUT2D eigenvalue weighted by Crippen LogP contribution is 2.32. The lowest BCUT2D eigenvalue weighted by molar-refractivity contribution is 0.284. The van der Waals surface area contributed by atoms with E-state index in [1.807, 2.05) is 18.2 Å². The summed E-state index contributed by atoms with van der Waals surface area (Å²) in [5, 5.41) is 12.0. The number of methoxy groups -OCH3 is 1. The van der Waals surface area contributed by atoms with E-state index < -0.39 is 0 Å². The van der Waals surface area contributed by atoms with Crippen LogP contribution in [0.4, 0.5) is 0 Å². The van der Waals surface area contributed by atoms with Crippen LogP contribution in [0.1, 0.15) is 60.5 Å². The first-order valence-electron chi connectivity index (χ1n) is 10.7. The van der Waals surface area contributed by atoms with Crippen molar-refractivity contribution in [2.24, 2.45) is 5.10 Å². The molecule has 1 aliphatic carbocycles. The molecule has 1 aromatic heterocycles. The zero-order chi connectivity index (χ0) is 21.6. The Hall–Kier alpha value is -2.93. The van der Waals surface area contributed by atoms with E-state index in [0.717, 1.165) is 29.8 Å². The Kier molecular flexibility index (Phi) is 6.82. The third-order valence-electron chi connectivity index (χ3n) is 5.67. The predicted molar refractivity (Wildman–Crippen MR) is 125 cm³/mol. The van der Waals surface area contributed by atoms with Gasteiger partial charge in [0.05, 0.1) is 13.3 Å². The van der Waals surface area contributed by atoms with Gasteiger partial charge >= 0.3 is 0 Å². The Bertz CT molecular complexity index is 1100. The van der Waals surface area contributed by atoms with Crippen LogP contribution >= 0.6 is 12.2 Å². The minimum atomic E-state index is 0.406. The first-order valence-corrected chi connectivity index (χ1v) is 11.1. The lowest BCUT2D eigenvalue weighted by Crippen LogP contribution is -2.10. The van der Waals surface area contributed by atoms with Gasteiger partial charge < -0.3 is 9.47 Å². The van der Waals surface area contributed by atoms with Gasteiger partial charge in [0.1, 0.15) is 6.61 Å². The number of ether oxygens (including phenoxy) is 2. The molecule has 31 heavy (non-hydrogen) atoms. The third-order valence-corrected chi connectivity index (χ3v) is 5.93. The first kappa shape index (κ1) is 21.3. The molecule has 7 heteroatoms. The summed E-state index contributed by atoms with van der Waals surface area (Å²) < 4.78 is 13.8. The Morgan fingerprint density at radius 3 is 2.65 bits per heavy atom. The third kappa shape index (κ3) is 5.22. The van der Waals surface area contributed by atoms with Crippen LogP contribution in [0, 0.1) is 11.7 Å². The van der Waals surface area contributed by atoms with E-state index in [1.54, 1.807) is 18.0 Å². The minimum Gasteiger partial charge on any atom is -0.493 e. The Morgan fingerprint density at radius 1 is 1.13 bits per heavy atom. The molecule has 1 saturated carbocycles. The molecule has 1 N–H and O–H groups in total. The molecule has 0 unspecified atom stereocenters. The maximum absolute atomic E-state index is 6.04. The summed E-state index contributed by atoms with van der Waals surface area (Å²) in [5.74, 6) is 2.69. The van der Waals surface area contributed by atoms with Crippen molar-refractivity contribution in [2.75, 3.05) is 7.11 Å². The number of aromatic nitrogens is 3. The molecule has 3 aromatic rings. The van der Waals surface area contributed by atoms with Crippen LogP contribution in [0.5, 0.6) is 11.5 Å². The lowest BCUT2D eigenvalue weighted by atomic mass is 9.89. The summed E-state index contributed by atoms with van der Waals surface area (Å²) in [7, 11) is 1.64. The second-order valence-electron chi connectivity index (χ2n) is 7.96. The van der Waals surface area contributed by atoms with Gasteiger partial charge in [0, 0.05) is 5.92 Å². The predicted octanol–water partition coefficient (Wildman–Crippen LogP) is 5.77. The molecule has 6 nitrogen and oxygen atoms in total. The molecule has 0 atom stereocenters. The molecule has 1 aliphatic rings. The monoisotopic (exact) mass is 436 g/mol. The average molecular weight is 437 g/mol. The van der Waals surface area contributed by atoms with Crippen molar-refractivity contribution in [1.29, 1.82) is 0 Å². The van der Waals surface area contributed by atoms with Crippen molar-refractivity contribution in [2.45, 2.75) is 51.6 Å². The Balaban J connectivity index is 1.53. The number of aromatic amines is 1. The molecule has 0 aliphatic heterocycles. The van der Waals surface area contributed by atoms with Gasteiger partial charge in [-0.15, -0.1) is 0 Å². The van der Waals surface area contributed by atoms with E-state index in [4.69, 9.17) is 21.7 Å². The minimum absolute atomic E-state index is 0.406. The average Bonchev–Trinajstić information content (AvgIpc) is 3.18. The number of benzene rings is 2. The van der Waals surface area contributed by atoms with Gasteiger partial charge in [-0.1, -0.05) is 49.1 Å². The number of H-pyrrole nitrogens is 1. The smallest absolute Gasteiger partial charge is 0.216 e. The van der Waals surface area contributed by atoms with Crippen LogP contribution in [0.3, 0.4) is 0 Å². The fourth-order valence-corrected chi connectivity index (χ4v) is 4.08. The number of rotatable bonds is 7. The van der Waals surface area contributed by atoms with Crippen LogP contribution in [-0.2, 0) is 6.61 Å². The topological polar surface area (TPSA) is 64.4 Å². The second-order valence-corrected chi connectivity index (χ2v) is 8.35. The van der Waals surface area contributed by atoms with Gasteiger partial charge in [0.25, 0.3) is 0 Å². The summed E-state index contributed by atoms with van der Waals surface area (Å²) in [5.41, 5.74) is 3.23. The van der Waals surface area contributed by atoms with E-state index >= 15 is 0 Å². The first-order chi connectivity index (χ1) is 15.1. The lowest BCUT2D eigenvalue weighted by Gasteiger charge is -2.19. The van der Waals surface area contributed by atoms with Crippen molar-refractivity contribution in [3.63, 3.8) is 0 Å². The zero-order valence-corrected chi connectivity index (χ0v) is 18.8. The Morgan fingerprint density at radius 2 is 1.90 bits per heavy atom. The maximum atomic E-state index is 6.04. The molecule has 0 radical (unpaired) electrons. The van der Waals surface area contributed by atoms with Gasteiger partial charge in [-0.2, -0.15) is 14.9 Å². The molecule has 1 fully saturated rings. The molecule has 4 rings (SSSR count). The highest BCUT2D eigenvalue weighted by atomic mass is 32.1. The molecule has 2 aromatic carbocycles. The van der Waals surface area contributed by atoms with Crippen LogP contribution in [-0.4, -0.2) is 28.2 Å². The van der Waals surface area contributed by atoms with E-state index in [9.17, 15) is 0 Å². The van der Waals surface area contributed by atoms with Crippen molar-refractivity contribution in [3.05, 3.63) is 69.8 Å². The summed E-state index contributed by atoms with van der Waals surface area (Å²) in [4.78, 5) is 0. The number of aryl methyl sites for hydroxylation is 1. The van der Waals surface area contributed by atoms with Crippen molar-refractivity contribution >= 4 is 18.4 Å². The molecule has 1 heterocycles. The molecule has 0 bridgehead atoms. The molecule has 0 saturated heterocycles. The van der Waals surface area contributed by atoms with Crippen molar-refractivity contribution in [3.8, 4) is 11.5 Å². The summed E-state index contributed by atoms with van der Waals surface area (Å²) in [6.45, 7) is 2.54. The largest absolute Gasteiger partial charge is 0.493 e. The fourth-order valence-electron chi connectivity index (χ4n) is 3.90. The van der Waals surface area contributed by atoms with Crippen LogP contribution in [0.15, 0.2) is 47.6 Å². The van der Waals surface area contributed by atoms with E-state index in [1.165, 1.54) is 24.8 Å². The van der Waals surface area contributed by atoms with Crippen molar-refractivity contribution < 1.29 is 9.47 Å². The van der Waals surface area contributed by atoms with Gasteiger partial charge in [0.2, 0.25) is 4.77 Å². The van der Waals surface area contributed by atoms with Gasteiger partial charge in [-0.25, -0.2) is 0 Å². The molecule has 162 valence electrons. The highest BCUT2D eigenvalue weighted by molar-refractivity contribution is 7.71. The molecular weight excluding hydrogens is 408 g/mol. The summed E-state index contributed by atoms with van der Waals surface area (Å²) in [6.07, 6.45) is 7.81. The standard InChI is InChI=1S/C24H28N4O2S/c1-17-8-10-18(11-9-17)16-30-22-14-19(12-13-21(22)29-2)15-25-28-23(26-27-24(28)31)20-6-4-3-5-7-20/h8-15,20H,3-7,16H2,1-2H3,(H,27,31)/b25-15-. The van der Waals surface area contributed by atoms with Gasteiger partial charge in [0.15, 0.2) is 17.3 Å². The SMILES string of the molecule is COc1ccc(/C=N\n2c(C3CCCCC3)n[nH]c2=S)cc1OCc1ccc(C)cc1. The summed E-state index contributed by atoms with van der Waals surface area (Å²) in [6, 6.07) is 14.1. The van der Waals surface area contributed by atoms with E-state index in [0.29, 0.717) is 28.8 Å². The number of hydrogen-bond donors (Lipinski definition) is 1. The van der Waals surface area contributed by atoms with E-state index in [2.05, 4.69) is 46.5 Å². The Labute approximate surface area is 187 Å². The van der Waals surface area contributed by atoms with Crippen LogP contribution in [0.25, 0.3) is 0 Å². The van der Waals surface area contributed by atoms with Crippen LogP contribution < -0.4 is 9.47 Å². The molecular formula is C24H28N4O2S. The van der Waals surface area contributed by atoms with Crippen LogP contribution in [0.2, 0.25) is 0 Å². The number of nitrogens with zero attached hydrogens (tertiary/aromatic N) is 3. The second kappa shape index (κ2) is 9.92. The number of nitrogens with one attached hydrogen (secondary N) is 1. The molecule has 0 spiro atoms. The van der Waals surface area contributed by atoms with E-state index in [-0.39, 0.29) is 0 Å². The maximum Gasteiger partial charge on any atom is 0.216 e. The van der Waals surface area contributed by atoms with Gasteiger partial charge in [-0.05, 0) is 61.3 Å². The molecule has 0 amide bonds. The van der Waals surface area contributed by atoms with Crippen molar-refractivity contribution in [1.82, 2.24) is 14.9 Å². The fraction of sp³-hybridized carbons (Fsp3) is 0.375. The normalized spacial score (nSPS) is 14.8. The number of hydrogen-bond acceptors (Lipinski definition) is 5. The summed E-state index contributed by atoms with van der Waals surface area (Å²) >= 11 is 5.41. The zero-order valence-electron chi connectivity index (χ0n) is 18.0.